The van der Waals surface area contributed by atoms with Crippen LogP contribution in [-0.2, 0) is 5.75 Å². The minimum Gasteiger partial charge on any atom is -0.207 e. The third-order valence-corrected chi connectivity index (χ3v) is 2.04. The van der Waals surface area contributed by atoms with Crippen molar-refractivity contribution in [1.29, 1.82) is 0 Å². The van der Waals surface area contributed by atoms with Gasteiger partial charge in [-0.15, -0.1) is 0 Å². The maximum Gasteiger partial charge on any atom is 0.284 e. The fourth-order valence-electron chi connectivity index (χ4n) is 0.740. The van der Waals surface area contributed by atoms with Crippen molar-refractivity contribution in [3.8, 4) is 0 Å². The van der Waals surface area contributed by atoms with Gasteiger partial charge in [-0.3, -0.25) is 0 Å². The van der Waals surface area contributed by atoms with Gasteiger partial charge in [0.2, 0.25) is 0 Å². The standard InChI is InChI=1S/C8H7F3S/c9-7-3-1-6(2-4-7)5-12-8(10)11/h1-4,8H,5H2. The molecule has 0 saturated heterocycles. The summed E-state index contributed by atoms with van der Waals surface area (Å²) in [4.78, 5) is 0. The first kappa shape index (κ1) is 9.45. The van der Waals surface area contributed by atoms with Crippen LogP contribution in [0.4, 0.5) is 13.2 Å². The van der Waals surface area contributed by atoms with Crippen molar-refractivity contribution in [3.63, 3.8) is 0 Å². The van der Waals surface area contributed by atoms with E-state index >= 15 is 0 Å². The molecule has 66 valence electrons. The number of hydrogen-bond acceptors (Lipinski definition) is 1. The molecule has 0 fully saturated rings. The van der Waals surface area contributed by atoms with Crippen LogP contribution < -0.4 is 0 Å². The third-order valence-electron chi connectivity index (χ3n) is 1.29. The molecule has 0 heterocycles. The average molecular weight is 192 g/mol. The SMILES string of the molecule is Fc1ccc(CSC(F)F)cc1. The highest BCUT2D eigenvalue weighted by atomic mass is 32.2. The van der Waals surface area contributed by atoms with Gasteiger partial charge in [-0.05, 0) is 17.7 Å². The number of rotatable bonds is 3. The molecule has 0 N–H and O–H groups in total. The van der Waals surface area contributed by atoms with Gasteiger partial charge in [-0.2, -0.15) is 8.78 Å². The second kappa shape index (κ2) is 4.40. The number of halogens is 3. The Labute approximate surface area is 72.8 Å². The smallest absolute Gasteiger partial charge is 0.207 e. The molecule has 1 aromatic rings. The van der Waals surface area contributed by atoms with E-state index < -0.39 is 5.76 Å². The fourth-order valence-corrected chi connectivity index (χ4v) is 1.25. The fraction of sp³-hybridized carbons (Fsp3) is 0.250. The maximum atomic E-state index is 12.3. The molecule has 1 aromatic carbocycles. The van der Waals surface area contributed by atoms with Crippen LogP contribution in [-0.4, -0.2) is 5.76 Å². The first-order chi connectivity index (χ1) is 5.68. The Balaban J connectivity index is 2.48. The Morgan fingerprint density at radius 2 is 1.75 bits per heavy atom. The Hall–Kier alpha value is -0.640. The highest BCUT2D eigenvalue weighted by molar-refractivity contribution is 7.98. The lowest BCUT2D eigenvalue weighted by atomic mass is 10.2. The summed E-state index contributed by atoms with van der Waals surface area (Å²) in [5.41, 5.74) is 0.710. The molecule has 0 atom stereocenters. The molecule has 0 aliphatic carbocycles. The van der Waals surface area contributed by atoms with Gasteiger partial charge < -0.3 is 0 Å². The highest BCUT2D eigenvalue weighted by Crippen LogP contribution is 2.19. The summed E-state index contributed by atoms with van der Waals surface area (Å²) >= 11 is 0.534. The molecule has 0 aromatic heterocycles. The predicted octanol–water partition coefficient (Wildman–Crippen LogP) is 3.28. The molecule has 0 unspecified atom stereocenters. The van der Waals surface area contributed by atoms with E-state index in [4.69, 9.17) is 0 Å². The van der Waals surface area contributed by atoms with Crippen molar-refractivity contribution in [2.75, 3.05) is 0 Å². The predicted molar refractivity (Wildman–Crippen MR) is 43.7 cm³/mol. The highest BCUT2D eigenvalue weighted by Gasteiger charge is 2.02. The van der Waals surface area contributed by atoms with Crippen LogP contribution >= 0.6 is 11.8 Å². The van der Waals surface area contributed by atoms with E-state index in [2.05, 4.69) is 0 Å². The van der Waals surface area contributed by atoms with Crippen molar-refractivity contribution in [2.45, 2.75) is 11.5 Å². The first-order valence-corrected chi connectivity index (χ1v) is 4.37. The lowest BCUT2D eigenvalue weighted by Crippen LogP contribution is -1.85. The van der Waals surface area contributed by atoms with Gasteiger partial charge >= 0.3 is 0 Å². The van der Waals surface area contributed by atoms with Gasteiger partial charge in [0.05, 0.1) is 0 Å². The van der Waals surface area contributed by atoms with Crippen molar-refractivity contribution in [2.24, 2.45) is 0 Å². The van der Waals surface area contributed by atoms with Gasteiger partial charge in [0.1, 0.15) is 5.82 Å². The molecule has 0 spiro atoms. The van der Waals surface area contributed by atoms with E-state index in [1.54, 1.807) is 0 Å². The summed E-state index contributed by atoms with van der Waals surface area (Å²) in [5.74, 6) is -2.49. The lowest BCUT2D eigenvalue weighted by Gasteiger charge is -1.99. The lowest BCUT2D eigenvalue weighted by molar-refractivity contribution is 0.252. The topological polar surface area (TPSA) is 0 Å². The molecule has 1 rings (SSSR count). The maximum absolute atomic E-state index is 12.3. The second-order valence-corrected chi connectivity index (χ2v) is 3.18. The summed E-state index contributed by atoms with van der Waals surface area (Å²) in [6.45, 7) is 0. The molecule has 0 aliphatic heterocycles. The third kappa shape index (κ3) is 3.17. The van der Waals surface area contributed by atoms with E-state index in [0.717, 1.165) is 0 Å². The molecule has 0 bridgehead atoms. The Morgan fingerprint density at radius 3 is 2.25 bits per heavy atom. The molecule has 0 nitrogen and oxygen atoms in total. The van der Waals surface area contributed by atoms with E-state index in [-0.39, 0.29) is 11.6 Å². The second-order valence-electron chi connectivity index (χ2n) is 2.20. The molecule has 0 radical (unpaired) electrons. The van der Waals surface area contributed by atoms with Crippen molar-refractivity contribution in [3.05, 3.63) is 35.6 Å². The van der Waals surface area contributed by atoms with Crippen LogP contribution in [0.2, 0.25) is 0 Å². The number of hydrogen-bond donors (Lipinski definition) is 0. The minimum atomic E-state index is -2.37. The molecule has 0 saturated carbocycles. The quantitative estimate of drug-likeness (QED) is 0.708. The van der Waals surface area contributed by atoms with Crippen molar-refractivity contribution < 1.29 is 13.2 Å². The summed E-state index contributed by atoms with van der Waals surface area (Å²) in [6.07, 6.45) is 0. The van der Waals surface area contributed by atoms with Crippen molar-refractivity contribution >= 4 is 11.8 Å². The van der Waals surface area contributed by atoms with Crippen LogP contribution in [0, 0.1) is 5.82 Å². The zero-order chi connectivity index (χ0) is 8.97. The Kier molecular flexibility index (Phi) is 3.47. The summed E-state index contributed by atoms with van der Waals surface area (Å²) in [5, 5.41) is 0. The van der Waals surface area contributed by atoms with Gasteiger partial charge in [-0.1, -0.05) is 23.9 Å². The largest absolute Gasteiger partial charge is 0.284 e. The first-order valence-electron chi connectivity index (χ1n) is 3.32. The molecule has 4 heteroatoms. The van der Waals surface area contributed by atoms with E-state index in [9.17, 15) is 13.2 Å². The molecular weight excluding hydrogens is 185 g/mol. The van der Waals surface area contributed by atoms with Crippen LogP contribution in [0.3, 0.4) is 0 Å². The van der Waals surface area contributed by atoms with Crippen LogP contribution in [0.1, 0.15) is 5.56 Å². The van der Waals surface area contributed by atoms with E-state index in [1.807, 2.05) is 0 Å². The van der Waals surface area contributed by atoms with E-state index in [1.165, 1.54) is 24.3 Å². The minimum absolute atomic E-state index is 0.220. The van der Waals surface area contributed by atoms with Gasteiger partial charge in [0, 0.05) is 5.75 Å². The number of benzene rings is 1. The monoisotopic (exact) mass is 192 g/mol. The van der Waals surface area contributed by atoms with Crippen LogP contribution in [0.15, 0.2) is 24.3 Å². The summed E-state index contributed by atoms with van der Waals surface area (Å²) in [6, 6.07) is 5.54. The Bertz CT molecular complexity index is 233. The number of thioether (sulfide) groups is 1. The zero-order valence-corrected chi connectivity index (χ0v) is 6.95. The van der Waals surface area contributed by atoms with Gasteiger partial charge in [0.15, 0.2) is 0 Å². The van der Waals surface area contributed by atoms with Gasteiger partial charge in [-0.25, -0.2) is 4.39 Å². The average Bonchev–Trinajstić information content (AvgIpc) is 2.03. The molecule has 0 aliphatic rings. The van der Waals surface area contributed by atoms with Crippen molar-refractivity contribution in [1.82, 2.24) is 0 Å². The van der Waals surface area contributed by atoms with Crippen LogP contribution in [0.5, 0.6) is 0 Å². The number of alkyl halides is 2. The van der Waals surface area contributed by atoms with Gasteiger partial charge in [0.25, 0.3) is 5.76 Å². The molecule has 12 heavy (non-hydrogen) atoms. The molecule has 0 amide bonds. The zero-order valence-electron chi connectivity index (χ0n) is 6.14. The Morgan fingerprint density at radius 1 is 1.17 bits per heavy atom. The normalized spacial score (nSPS) is 10.7. The molecular formula is C8H7F3S. The summed E-state index contributed by atoms with van der Waals surface area (Å²) < 4.78 is 35.7. The summed E-state index contributed by atoms with van der Waals surface area (Å²) in [7, 11) is 0. The van der Waals surface area contributed by atoms with E-state index in [0.29, 0.717) is 17.3 Å². The van der Waals surface area contributed by atoms with Crippen LogP contribution in [0.25, 0.3) is 0 Å².